The van der Waals surface area contributed by atoms with Crippen LogP contribution < -0.4 is 4.74 Å². The molecular formula is C16H15NO5. The minimum Gasteiger partial charge on any atom is -0.507 e. The van der Waals surface area contributed by atoms with E-state index in [0.717, 1.165) is 13.2 Å². The van der Waals surface area contributed by atoms with E-state index in [0.29, 0.717) is 28.8 Å². The predicted molar refractivity (Wildman–Crippen MR) is 80.5 cm³/mol. The van der Waals surface area contributed by atoms with Crippen LogP contribution in [0.1, 0.15) is 12.5 Å². The molecular weight excluding hydrogens is 286 g/mol. The summed E-state index contributed by atoms with van der Waals surface area (Å²) in [5.41, 5.74) is 0.941. The number of esters is 1. The van der Waals surface area contributed by atoms with Gasteiger partial charge in [0.25, 0.3) is 5.78 Å². The van der Waals surface area contributed by atoms with Crippen molar-refractivity contribution in [3.8, 4) is 5.75 Å². The highest BCUT2D eigenvalue weighted by Crippen LogP contribution is 2.29. The first-order valence-electron chi connectivity index (χ1n) is 6.62. The Morgan fingerprint density at radius 3 is 2.77 bits per heavy atom. The van der Waals surface area contributed by atoms with Gasteiger partial charge in [-0.1, -0.05) is 6.07 Å². The number of ketones is 1. The summed E-state index contributed by atoms with van der Waals surface area (Å²) in [6, 6.07) is 6.70. The zero-order valence-corrected chi connectivity index (χ0v) is 12.2. The molecule has 0 aliphatic carbocycles. The van der Waals surface area contributed by atoms with Crippen LogP contribution in [0.3, 0.4) is 0 Å². The summed E-state index contributed by atoms with van der Waals surface area (Å²) < 4.78 is 9.80. The number of aliphatic hydroxyl groups excluding tert-OH is 1. The third-order valence-corrected chi connectivity index (χ3v) is 2.96. The van der Waals surface area contributed by atoms with Crippen molar-refractivity contribution in [2.45, 2.75) is 6.92 Å². The number of hydrogen-bond donors (Lipinski definition) is 1. The molecule has 1 heterocycles. The van der Waals surface area contributed by atoms with Crippen molar-refractivity contribution in [2.75, 3.05) is 13.7 Å². The number of carbonyl (C=O) groups excluding carboxylic acids is 2. The number of ether oxygens (including phenoxy) is 2. The minimum absolute atomic E-state index is 0.337. The Hall–Kier alpha value is -2.89. The zero-order valence-electron chi connectivity index (χ0n) is 12.2. The van der Waals surface area contributed by atoms with Crippen molar-refractivity contribution >= 4 is 28.4 Å². The molecule has 0 bridgehead atoms. The van der Waals surface area contributed by atoms with Crippen molar-refractivity contribution in [3.05, 3.63) is 42.1 Å². The molecule has 6 heteroatoms. The molecule has 0 unspecified atom stereocenters. The number of aliphatic hydroxyl groups is 1. The smallest absolute Gasteiger partial charge is 0.378 e. The van der Waals surface area contributed by atoms with E-state index in [1.54, 1.807) is 30.5 Å². The van der Waals surface area contributed by atoms with E-state index < -0.39 is 11.8 Å². The van der Waals surface area contributed by atoms with Crippen LogP contribution in [0.5, 0.6) is 5.75 Å². The number of rotatable bonds is 5. The van der Waals surface area contributed by atoms with Gasteiger partial charge in [0.05, 0.1) is 13.7 Å². The van der Waals surface area contributed by atoms with Gasteiger partial charge in [-0.25, -0.2) is 4.79 Å². The Kier molecular flexibility index (Phi) is 4.73. The standard InChI is InChI=1S/C16H15NO5/c1-3-22-14-7-6-10(11-5-4-8-17-15(11)14)12(18)9-13(19)16(20)21-2/h4-9,18H,3H2,1-2H3/b12-9-. The molecule has 2 rings (SSSR count). The number of benzene rings is 1. The molecule has 0 fully saturated rings. The molecule has 6 nitrogen and oxygen atoms in total. The summed E-state index contributed by atoms with van der Waals surface area (Å²) in [7, 11) is 1.10. The molecule has 0 spiro atoms. The summed E-state index contributed by atoms with van der Waals surface area (Å²) in [6.07, 6.45) is 2.43. The van der Waals surface area contributed by atoms with Gasteiger partial charge in [0.2, 0.25) is 0 Å². The highest BCUT2D eigenvalue weighted by molar-refractivity contribution is 6.39. The van der Waals surface area contributed by atoms with Gasteiger partial charge in [0, 0.05) is 23.2 Å². The van der Waals surface area contributed by atoms with Crippen LogP contribution in [-0.2, 0) is 14.3 Å². The molecule has 0 saturated heterocycles. The number of aromatic nitrogens is 1. The Morgan fingerprint density at radius 2 is 2.09 bits per heavy atom. The number of hydrogen-bond acceptors (Lipinski definition) is 6. The SMILES string of the molecule is CCOc1ccc(/C(O)=C/C(=O)C(=O)OC)c2cccnc12. The topological polar surface area (TPSA) is 85.7 Å². The van der Waals surface area contributed by atoms with Crippen molar-refractivity contribution in [2.24, 2.45) is 0 Å². The molecule has 2 aromatic rings. The fraction of sp³-hybridized carbons (Fsp3) is 0.188. The summed E-state index contributed by atoms with van der Waals surface area (Å²) >= 11 is 0. The van der Waals surface area contributed by atoms with Gasteiger partial charge in [0.15, 0.2) is 0 Å². The molecule has 0 aliphatic rings. The van der Waals surface area contributed by atoms with E-state index in [2.05, 4.69) is 9.72 Å². The third kappa shape index (κ3) is 3.06. The van der Waals surface area contributed by atoms with Crippen LogP contribution in [0.25, 0.3) is 16.7 Å². The lowest BCUT2D eigenvalue weighted by molar-refractivity contribution is -0.149. The average Bonchev–Trinajstić information content (AvgIpc) is 2.54. The summed E-state index contributed by atoms with van der Waals surface area (Å²) in [6.45, 7) is 2.34. The van der Waals surface area contributed by atoms with Crippen molar-refractivity contribution < 1.29 is 24.2 Å². The van der Waals surface area contributed by atoms with Crippen LogP contribution in [-0.4, -0.2) is 35.6 Å². The van der Waals surface area contributed by atoms with Gasteiger partial charge in [-0.3, -0.25) is 9.78 Å². The Bertz CT molecular complexity index is 751. The average molecular weight is 301 g/mol. The van der Waals surface area contributed by atoms with E-state index in [9.17, 15) is 14.7 Å². The van der Waals surface area contributed by atoms with E-state index >= 15 is 0 Å². The van der Waals surface area contributed by atoms with Gasteiger partial charge in [-0.15, -0.1) is 0 Å². The molecule has 1 aromatic carbocycles. The highest BCUT2D eigenvalue weighted by Gasteiger charge is 2.15. The Labute approximate surface area is 127 Å². The zero-order chi connectivity index (χ0) is 16.1. The largest absolute Gasteiger partial charge is 0.507 e. The van der Waals surface area contributed by atoms with Crippen LogP contribution >= 0.6 is 0 Å². The van der Waals surface area contributed by atoms with Gasteiger partial charge in [-0.2, -0.15) is 0 Å². The maximum atomic E-state index is 11.5. The van der Waals surface area contributed by atoms with Gasteiger partial charge >= 0.3 is 5.97 Å². The Balaban J connectivity index is 2.52. The van der Waals surface area contributed by atoms with Crippen LogP contribution in [0.4, 0.5) is 0 Å². The number of methoxy groups -OCH3 is 1. The lowest BCUT2D eigenvalue weighted by atomic mass is 10.1. The lowest BCUT2D eigenvalue weighted by Gasteiger charge is -2.10. The number of carbonyl (C=O) groups is 2. The van der Waals surface area contributed by atoms with Crippen LogP contribution in [0, 0.1) is 0 Å². The van der Waals surface area contributed by atoms with Gasteiger partial charge < -0.3 is 14.6 Å². The second kappa shape index (κ2) is 6.71. The lowest BCUT2D eigenvalue weighted by Crippen LogP contribution is -2.13. The summed E-state index contributed by atoms with van der Waals surface area (Å²) in [5.74, 6) is -1.74. The first-order chi connectivity index (χ1) is 10.6. The van der Waals surface area contributed by atoms with E-state index in [1.165, 1.54) is 0 Å². The summed E-state index contributed by atoms with van der Waals surface area (Å²) in [5, 5.41) is 10.7. The molecule has 0 amide bonds. The summed E-state index contributed by atoms with van der Waals surface area (Å²) in [4.78, 5) is 26.9. The second-order valence-corrected chi connectivity index (χ2v) is 4.33. The second-order valence-electron chi connectivity index (χ2n) is 4.33. The molecule has 1 N–H and O–H groups in total. The molecule has 114 valence electrons. The fourth-order valence-corrected chi connectivity index (χ4v) is 2.00. The molecule has 0 saturated carbocycles. The highest BCUT2D eigenvalue weighted by atomic mass is 16.5. The predicted octanol–water partition coefficient (Wildman–Crippen LogP) is 2.27. The fourth-order valence-electron chi connectivity index (χ4n) is 2.00. The van der Waals surface area contributed by atoms with E-state index in [1.807, 2.05) is 6.92 Å². The maximum absolute atomic E-state index is 11.5. The quantitative estimate of drug-likeness (QED) is 0.394. The van der Waals surface area contributed by atoms with E-state index in [4.69, 9.17) is 4.74 Å². The van der Waals surface area contributed by atoms with Crippen molar-refractivity contribution in [1.29, 1.82) is 0 Å². The number of fused-ring (bicyclic) bond motifs is 1. The first kappa shape index (κ1) is 15.5. The molecule has 0 aliphatic heterocycles. The first-order valence-corrected chi connectivity index (χ1v) is 6.62. The van der Waals surface area contributed by atoms with Crippen molar-refractivity contribution in [3.63, 3.8) is 0 Å². The van der Waals surface area contributed by atoms with E-state index in [-0.39, 0.29) is 5.76 Å². The molecule has 22 heavy (non-hydrogen) atoms. The normalized spacial score (nSPS) is 11.3. The maximum Gasteiger partial charge on any atom is 0.378 e. The third-order valence-electron chi connectivity index (χ3n) is 2.96. The molecule has 0 atom stereocenters. The monoisotopic (exact) mass is 301 g/mol. The minimum atomic E-state index is -1.04. The van der Waals surface area contributed by atoms with Gasteiger partial charge in [0.1, 0.15) is 17.0 Å². The van der Waals surface area contributed by atoms with Crippen LogP contribution in [0.15, 0.2) is 36.5 Å². The van der Waals surface area contributed by atoms with Crippen LogP contribution in [0.2, 0.25) is 0 Å². The number of nitrogens with zero attached hydrogens (tertiary/aromatic N) is 1. The molecule has 0 radical (unpaired) electrons. The molecule has 1 aromatic heterocycles. The number of pyridine rings is 1. The Morgan fingerprint density at radius 1 is 1.32 bits per heavy atom. The van der Waals surface area contributed by atoms with Gasteiger partial charge in [-0.05, 0) is 25.1 Å². The van der Waals surface area contributed by atoms with Crippen molar-refractivity contribution in [1.82, 2.24) is 4.98 Å².